The van der Waals surface area contributed by atoms with Crippen molar-refractivity contribution >= 4 is 5.97 Å². The third-order valence-corrected chi connectivity index (χ3v) is 4.97. The van der Waals surface area contributed by atoms with Crippen LogP contribution in [0.2, 0.25) is 0 Å². The number of hydrogen-bond acceptors (Lipinski definition) is 2. The van der Waals surface area contributed by atoms with Gasteiger partial charge < -0.3 is 5.11 Å². The van der Waals surface area contributed by atoms with E-state index in [1.54, 1.807) is 0 Å². The lowest BCUT2D eigenvalue weighted by Gasteiger charge is -2.42. The number of carboxylic acid groups (broad SMARTS) is 1. The fourth-order valence-electron chi connectivity index (χ4n) is 3.95. The smallest absolute Gasteiger partial charge is 0.310 e. The minimum atomic E-state index is -0.569. The van der Waals surface area contributed by atoms with Crippen LogP contribution in [0.5, 0.6) is 0 Å². The third kappa shape index (κ3) is 2.71. The van der Waals surface area contributed by atoms with Gasteiger partial charge in [0.15, 0.2) is 0 Å². The van der Waals surface area contributed by atoms with Crippen molar-refractivity contribution in [1.29, 1.82) is 0 Å². The van der Waals surface area contributed by atoms with Crippen molar-refractivity contribution in [1.82, 2.24) is 4.90 Å². The summed E-state index contributed by atoms with van der Waals surface area (Å²) >= 11 is 0. The molecule has 2 rings (SSSR count). The maximum atomic E-state index is 11.7. The summed E-state index contributed by atoms with van der Waals surface area (Å²) in [4.78, 5) is 14.1. The van der Waals surface area contributed by atoms with Crippen molar-refractivity contribution < 1.29 is 9.90 Å². The lowest BCUT2D eigenvalue weighted by Crippen LogP contribution is -2.50. The molecule has 3 unspecified atom stereocenters. The van der Waals surface area contributed by atoms with Crippen molar-refractivity contribution in [2.45, 2.75) is 64.8 Å². The standard InChI is InChI=1S/C15H27NO2/c1-3-7-15(14(17)18)8-4-9-16(11-15)13-6-5-12(2)10-13/h12-13H,3-11H2,1-2H3,(H,17,18). The zero-order chi connectivity index (χ0) is 13.2. The van der Waals surface area contributed by atoms with Crippen LogP contribution in [-0.4, -0.2) is 35.1 Å². The largest absolute Gasteiger partial charge is 0.481 e. The van der Waals surface area contributed by atoms with Crippen LogP contribution in [0, 0.1) is 11.3 Å². The first-order valence-electron chi connectivity index (χ1n) is 7.55. The van der Waals surface area contributed by atoms with Gasteiger partial charge >= 0.3 is 5.97 Å². The van der Waals surface area contributed by atoms with Gasteiger partial charge in [-0.1, -0.05) is 20.3 Å². The van der Waals surface area contributed by atoms with Crippen LogP contribution < -0.4 is 0 Å². The number of nitrogens with zero attached hydrogens (tertiary/aromatic N) is 1. The van der Waals surface area contributed by atoms with Crippen molar-refractivity contribution in [2.24, 2.45) is 11.3 Å². The molecule has 0 amide bonds. The molecule has 3 atom stereocenters. The van der Waals surface area contributed by atoms with Crippen LogP contribution in [0.25, 0.3) is 0 Å². The minimum absolute atomic E-state index is 0.459. The van der Waals surface area contributed by atoms with Gasteiger partial charge in [0.05, 0.1) is 5.41 Å². The molecule has 0 spiro atoms. The monoisotopic (exact) mass is 253 g/mol. The molecule has 0 aromatic rings. The van der Waals surface area contributed by atoms with Gasteiger partial charge in [0.25, 0.3) is 0 Å². The summed E-state index contributed by atoms with van der Waals surface area (Å²) in [6.45, 7) is 6.31. The fourth-order valence-corrected chi connectivity index (χ4v) is 3.95. The van der Waals surface area contributed by atoms with E-state index in [2.05, 4.69) is 18.7 Å². The first-order valence-corrected chi connectivity index (χ1v) is 7.55. The molecule has 1 saturated heterocycles. The number of piperidine rings is 1. The van der Waals surface area contributed by atoms with Crippen molar-refractivity contribution in [2.75, 3.05) is 13.1 Å². The third-order valence-electron chi connectivity index (χ3n) is 4.97. The SMILES string of the molecule is CCCC1(C(=O)O)CCCN(C2CCC(C)C2)C1. The van der Waals surface area contributed by atoms with Gasteiger partial charge in [-0.05, 0) is 51.0 Å². The van der Waals surface area contributed by atoms with E-state index in [1.807, 2.05) is 0 Å². The fraction of sp³-hybridized carbons (Fsp3) is 0.933. The summed E-state index contributed by atoms with van der Waals surface area (Å²) in [5.74, 6) is 0.252. The number of carboxylic acids is 1. The van der Waals surface area contributed by atoms with Gasteiger partial charge in [0.1, 0.15) is 0 Å². The number of rotatable bonds is 4. The van der Waals surface area contributed by atoms with Gasteiger partial charge in [-0.2, -0.15) is 0 Å². The predicted octanol–water partition coefficient (Wildman–Crippen LogP) is 3.14. The summed E-state index contributed by atoms with van der Waals surface area (Å²) in [5.41, 5.74) is -0.459. The molecule has 3 heteroatoms. The highest BCUT2D eigenvalue weighted by Gasteiger charge is 2.43. The molecule has 3 nitrogen and oxygen atoms in total. The van der Waals surface area contributed by atoms with E-state index in [9.17, 15) is 9.90 Å². The highest BCUT2D eigenvalue weighted by molar-refractivity contribution is 5.75. The number of hydrogen-bond donors (Lipinski definition) is 1. The quantitative estimate of drug-likeness (QED) is 0.836. The zero-order valence-electron chi connectivity index (χ0n) is 11.8. The highest BCUT2D eigenvalue weighted by atomic mass is 16.4. The summed E-state index contributed by atoms with van der Waals surface area (Å²) in [7, 11) is 0. The summed E-state index contributed by atoms with van der Waals surface area (Å²) in [6.07, 6.45) is 7.58. The Morgan fingerprint density at radius 1 is 1.44 bits per heavy atom. The highest BCUT2D eigenvalue weighted by Crippen LogP contribution is 2.39. The first-order chi connectivity index (χ1) is 8.57. The second-order valence-electron chi connectivity index (χ2n) is 6.48. The molecular formula is C15H27NO2. The Balaban J connectivity index is 2.04. The van der Waals surface area contributed by atoms with Crippen LogP contribution in [0.3, 0.4) is 0 Å². The molecule has 1 aliphatic carbocycles. The van der Waals surface area contributed by atoms with Gasteiger partial charge in [-0.3, -0.25) is 9.69 Å². The van der Waals surface area contributed by atoms with Crippen molar-refractivity contribution in [3.05, 3.63) is 0 Å². The van der Waals surface area contributed by atoms with Crippen LogP contribution in [-0.2, 0) is 4.79 Å². The molecule has 0 aromatic carbocycles. The van der Waals surface area contributed by atoms with E-state index in [4.69, 9.17) is 0 Å². The van der Waals surface area contributed by atoms with Gasteiger partial charge in [-0.25, -0.2) is 0 Å². The maximum Gasteiger partial charge on any atom is 0.310 e. The van der Waals surface area contributed by atoms with E-state index in [-0.39, 0.29) is 0 Å². The molecular weight excluding hydrogens is 226 g/mol. The van der Waals surface area contributed by atoms with Gasteiger partial charge in [0.2, 0.25) is 0 Å². The minimum Gasteiger partial charge on any atom is -0.481 e. The van der Waals surface area contributed by atoms with E-state index in [0.29, 0.717) is 6.04 Å². The predicted molar refractivity (Wildman–Crippen MR) is 72.6 cm³/mol. The van der Waals surface area contributed by atoms with E-state index in [1.165, 1.54) is 19.3 Å². The Bertz CT molecular complexity index is 301. The number of carbonyl (C=O) groups is 1. The lowest BCUT2D eigenvalue weighted by atomic mass is 9.76. The van der Waals surface area contributed by atoms with Crippen molar-refractivity contribution in [3.8, 4) is 0 Å². The molecule has 0 aromatic heterocycles. The molecule has 1 saturated carbocycles. The van der Waals surface area contributed by atoms with Crippen LogP contribution >= 0.6 is 0 Å². The summed E-state index contributed by atoms with van der Waals surface area (Å²) < 4.78 is 0. The van der Waals surface area contributed by atoms with E-state index < -0.39 is 11.4 Å². The molecule has 1 heterocycles. The molecule has 104 valence electrons. The molecule has 1 N–H and O–H groups in total. The topological polar surface area (TPSA) is 40.5 Å². The molecule has 2 fully saturated rings. The van der Waals surface area contributed by atoms with E-state index in [0.717, 1.165) is 44.7 Å². The lowest BCUT2D eigenvalue weighted by molar-refractivity contribution is -0.154. The van der Waals surface area contributed by atoms with Crippen LogP contribution in [0.4, 0.5) is 0 Å². The van der Waals surface area contributed by atoms with Crippen molar-refractivity contribution in [3.63, 3.8) is 0 Å². The number of aliphatic carboxylic acids is 1. The Kier molecular flexibility index (Phi) is 4.31. The van der Waals surface area contributed by atoms with Crippen LogP contribution in [0.1, 0.15) is 58.8 Å². The molecule has 18 heavy (non-hydrogen) atoms. The first kappa shape index (κ1) is 13.9. The second kappa shape index (κ2) is 5.60. The molecule has 2 aliphatic rings. The van der Waals surface area contributed by atoms with Crippen LogP contribution in [0.15, 0.2) is 0 Å². The Morgan fingerprint density at radius 3 is 2.78 bits per heavy atom. The van der Waals surface area contributed by atoms with Gasteiger partial charge in [-0.15, -0.1) is 0 Å². The normalized spacial score (nSPS) is 37.9. The number of likely N-dealkylation sites (tertiary alicyclic amines) is 1. The second-order valence-corrected chi connectivity index (χ2v) is 6.48. The maximum absolute atomic E-state index is 11.7. The van der Waals surface area contributed by atoms with Gasteiger partial charge in [0, 0.05) is 12.6 Å². The molecule has 0 bridgehead atoms. The Morgan fingerprint density at radius 2 is 2.22 bits per heavy atom. The summed E-state index contributed by atoms with van der Waals surface area (Å²) in [5, 5.41) is 9.61. The van der Waals surface area contributed by atoms with E-state index >= 15 is 0 Å². The Hall–Kier alpha value is -0.570. The average Bonchev–Trinajstić information content (AvgIpc) is 2.76. The molecule has 0 radical (unpaired) electrons. The zero-order valence-corrected chi connectivity index (χ0v) is 11.8. The molecule has 1 aliphatic heterocycles. The Labute approximate surface area is 111 Å². The summed E-state index contributed by atoms with van der Waals surface area (Å²) in [6, 6.07) is 0.649. The average molecular weight is 253 g/mol.